The van der Waals surface area contributed by atoms with Gasteiger partial charge in [0.2, 0.25) is 0 Å². The molecular formula is C23H18N4O2. The van der Waals surface area contributed by atoms with Crippen molar-refractivity contribution in [1.82, 2.24) is 20.2 Å². The second kappa shape index (κ2) is 5.91. The monoisotopic (exact) mass is 382 g/mol. The van der Waals surface area contributed by atoms with Gasteiger partial charge in [-0.05, 0) is 67.1 Å². The predicted molar refractivity (Wildman–Crippen MR) is 112 cm³/mol. The molecule has 0 amide bonds. The average Bonchev–Trinajstić information content (AvgIpc) is 3.39. The van der Waals surface area contributed by atoms with Crippen molar-refractivity contribution in [2.45, 2.75) is 25.7 Å². The number of aromatic amines is 2. The number of carbonyl (C=O) groups is 1. The summed E-state index contributed by atoms with van der Waals surface area (Å²) >= 11 is 0. The fraction of sp³-hybridized carbons (Fsp3) is 0.174. The number of fused-ring (bicyclic) bond motifs is 6. The molecule has 0 aliphatic heterocycles. The van der Waals surface area contributed by atoms with Crippen LogP contribution in [0.3, 0.4) is 0 Å². The van der Waals surface area contributed by atoms with E-state index < -0.39 is 5.97 Å². The van der Waals surface area contributed by atoms with Crippen molar-refractivity contribution < 1.29 is 9.90 Å². The molecule has 6 rings (SSSR count). The first-order chi connectivity index (χ1) is 14.2. The Morgan fingerprint density at radius 1 is 1.00 bits per heavy atom. The topological polar surface area (TPSA) is 94.7 Å². The van der Waals surface area contributed by atoms with Crippen molar-refractivity contribution in [3.05, 3.63) is 59.4 Å². The summed E-state index contributed by atoms with van der Waals surface area (Å²) in [5.41, 5.74) is 7.71. The standard InChI is InChI=1S/C23H18N4O2/c28-23(29)20-10-16-18(25-20)7-8-19-21(16)14-3-1-2-4-15(14)22(26-19)12-5-6-17-13(9-12)11-24-27-17/h5-11,25H,1-4H2,(H,24,27)(H,28,29). The number of carboxylic acid groups (broad SMARTS) is 1. The van der Waals surface area contributed by atoms with Gasteiger partial charge in [0.15, 0.2) is 0 Å². The molecule has 0 spiro atoms. The van der Waals surface area contributed by atoms with E-state index in [1.165, 1.54) is 11.1 Å². The number of pyridine rings is 1. The van der Waals surface area contributed by atoms with Crippen molar-refractivity contribution in [2.75, 3.05) is 0 Å². The summed E-state index contributed by atoms with van der Waals surface area (Å²) in [5, 5.41) is 19.6. The normalized spacial score (nSPS) is 13.9. The Hall–Kier alpha value is -3.67. The van der Waals surface area contributed by atoms with Gasteiger partial charge < -0.3 is 10.1 Å². The lowest BCUT2D eigenvalue weighted by Crippen LogP contribution is -2.07. The zero-order valence-corrected chi connectivity index (χ0v) is 15.6. The van der Waals surface area contributed by atoms with Crippen LogP contribution in [0.25, 0.3) is 44.0 Å². The van der Waals surface area contributed by atoms with Crippen LogP contribution in [-0.2, 0) is 12.8 Å². The maximum atomic E-state index is 11.5. The fourth-order valence-electron chi connectivity index (χ4n) is 4.68. The van der Waals surface area contributed by atoms with Crippen LogP contribution in [-0.4, -0.2) is 31.2 Å². The molecule has 0 saturated carbocycles. The smallest absolute Gasteiger partial charge is 0.352 e. The van der Waals surface area contributed by atoms with Crippen LogP contribution in [0.15, 0.2) is 42.6 Å². The molecule has 29 heavy (non-hydrogen) atoms. The number of carboxylic acids is 1. The molecular weight excluding hydrogens is 364 g/mol. The highest BCUT2D eigenvalue weighted by atomic mass is 16.4. The molecule has 0 saturated heterocycles. The van der Waals surface area contributed by atoms with E-state index in [4.69, 9.17) is 4.98 Å². The summed E-state index contributed by atoms with van der Waals surface area (Å²) in [6, 6.07) is 11.9. The van der Waals surface area contributed by atoms with Crippen LogP contribution in [0.1, 0.15) is 34.5 Å². The molecule has 6 heteroatoms. The average molecular weight is 382 g/mol. The molecule has 0 atom stereocenters. The Kier molecular flexibility index (Phi) is 3.32. The Morgan fingerprint density at radius 3 is 2.69 bits per heavy atom. The zero-order chi connectivity index (χ0) is 19.5. The lowest BCUT2D eigenvalue weighted by atomic mass is 9.85. The first-order valence-corrected chi connectivity index (χ1v) is 9.83. The molecule has 6 nitrogen and oxygen atoms in total. The van der Waals surface area contributed by atoms with Crippen LogP contribution in [0.2, 0.25) is 0 Å². The van der Waals surface area contributed by atoms with Crippen LogP contribution < -0.4 is 0 Å². The third kappa shape index (κ3) is 2.38. The molecule has 0 fully saturated rings. The number of aromatic nitrogens is 4. The number of nitrogens with zero attached hydrogens (tertiary/aromatic N) is 2. The number of aryl methyl sites for hydroxylation is 1. The molecule has 142 valence electrons. The van der Waals surface area contributed by atoms with E-state index in [-0.39, 0.29) is 5.69 Å². The lowest BCUT2D eigenvalue weighted by Gasteiger charge is -2.22. The van der Waals surface area contributed by atoms with E-state index >= 15 is 0 Å². The second-order valence-corrected chi connectivity index (χ2v) is 7.71. The molecule has 3 N–H and O–H groups in total. The highest BCUT2D eigenvalue weighted by Crippen LogP contribution is 2.38. The summed E-state index contributed by atoms with van der Waals surface area (Å²) in [7, 11) is 0. The van der Waals surface area contributed by atoms with E-state index in [0.717, 1.165) is 69.6 Å². The minimum absolute atomic E-state index is 0.214. The van der Waals surface area contributed by atoms with Crippen molar-refractivity contribution in [2.24, 2.45) is 0 Å². The first-order valence-electron chi connectivity index (χ1n) is 9.83. The van der Waals surface area contributed by atoms with Gasteiger partial charge >= 0.3 is 5.97 Å². The summed E-state index contributed by atoms with van der Waals surface area (Å²) in [4.78, 5) is 19.5. The number of rotatable bonds is 2. The van der Waals surface area contributed by atoms with Gasteiger partial charge in [0.25, 0.3) is 0 Å². The van der Waals surface area contributed by atoms with Gasteiger partial charge in [-0.15, -0.1) is 0 Å². The number of nitrogens with one attached hydrogen (secondary N) is 2. The van der Waals surface area contributed by atoms with E-state index in [0.29, 0.717) is 0 Å². The third-order valence-electron chi connectivity index (χ3n) is 6.01. The van der Waals surface area contributed by atoms with Gasteiger partial charge in [0.05, 0.1) is 22.9 Å². The van der Waals surface area contributed by atoms with Crippen molar-refractivity contribution in [1.29, 1.82) is 0 Å². The predicted octanol–water partition coefficient (Wildman–Crippen LogP) is 4.84. The largest absolute Gasteiger partial charge is 0.477 e. The Bertz CT molecular complexity index is 1440. The summed E-state index contributed by atoms with van der Waals surface area (Å²) in [5.74, 6) is -0.943. The summed E-state index contributed by atoms with van der Waals surface area (Å²) < 4.78 is 0. The van der Waals surface area contributed by atoms with E-state index in [9.17, 15) is 9.90 Å². The maximum absolute atomic E-state index is 11.5. The molecule has 5 aromatic rings. The maximum Gasteiger partial charge on any atom is 0.352 e. The molecule has 0 bridgehead atoms. The van der Waals surface area contributed by atoms with Crippen molar-refractivity contribution in [3.8, 4) is 11.3 Å². The summed E-state index contributed by atoms with van der Waals surface area (Å²) in [6.45, 7) is 0. The van der Waals surface area contributed by atoms with Crippen molar-refractivity contribution in [3.63, 3.8) is 0 Å². The van der Waals surface area contributed by atoms with Crippen molar-refractivity contribution >= 4 is 38.7 Å². The molecule has 0 unspecified atom stereocenters. The van der Waals surface area contributed by atoms with Gasteiger partial charge in [-0.25, -0.2) is 9.78 Å². The van der Waals surface area contributed by atoms with Gasteiger partial charge in [-0.2, -0.15) is 5.10 Å². The molecule has 0 radical (unpaired) electrons. The second-order valence-electron chi connectivity index (χ2n) is 7.71. The highest BCUT2D eigenvalue weighted by molar-refractivity contribution is 6.10. The van der Waals surface area contributed by atoms with Gasteiger partial charge in [-0.3, -0.25) is 5.10 Å². The SMILES string of the molecule is O=C(O)c1cc2c(ccc3nc(-c4ccc5[nH]ncc5c4)c4c(c32)CCCC4)[nH]1. The molecule has 1 aliphatic carbocycles. The van der Waals surface area contributed by atoms with Crippen LogP contribution in [0.4, 0.5) is 0 Å². The van der Waals surface area contributed by atoms with Crippen LogP contribution >= 0.6 is 0 Å². The quantitative estimate of drug-likeness (QED) is 0.407. The van der Waals surface area contributed by atoms with E-state index in [1.807, 2.05) is 24.4 Å². The number of aromatic carboxylic acids is 1. The zero-order valence-electron chi connectivity index (χ0n) is 15.6. The summed E-state index contributed by atoms with van der Waals surface area (Å²) in [6.07, 6.45) is 6.10. The lowest BCUT2D eigenvalue weighted by molar-refractivity contribution is 0.0691. The number of H-pyrrole nitrogens is 2. The number of hydrogen-bond donors (Lipinski definition) is 3. The molecule has 3 aromatic heterocycles. The molecule has 2 aromatic carbocycles. The Morgan fingerprint density at radius 2 is 1.83 bits per heavy atom. The minimum Gasteiger partial charge on any atom is -0.477 e. The molecule has 1 aliphatic rings. The van der Waals surface area contributed by atoms with Gasteiger partial charge in [0, 0.05) is 27.2 Å². The van der Waals surface area contributed by atoms with E-state index in [2.05, 4.69) is 27.3 Å². The van der Waals surface area contributed by atoms with Crippen LogP contribution in [0.5, 0.6) is 0 Å². The van der Waals surface area contributed by atoms with Crippen LogP contribution in [0, 0.1) is 0 Å². The first kappa shape index (κ1) is 16.3. The fourth-order valence-corrected chi connectivity index (χ4v) is 4.68. The third-order valence-corrected chi connectivity index (χ3v) is 6.01. The highest BCUT2D eigenvalue weighted by Gasteiger charge is 2.22. The number of benzene rings is 2. The van der Waals surface area contributed by atoms with E-state index in [1.54, 1.807) is 6.07 Å². The Balaban J connectivity index is 1.68. The number of hydrogen-bond acceptors (Lipinski definition) is 3. The van der Waals surface area contributed by atoms with Gasteiger partial charge in [-0.1, -0.05) is 6.07 Å². The Labute approximate surface area is 165 Å². The molecule has 3 heterocycles. The minimum atomic E-state index is -0.943. The van der Waals surface area contributed by atoms with Gasteiger partial charge in [0.1, 0.15) is 5.69 Å².